The third kappa shape index (κ3) is 2.47. The van der Waals surface area contributed by atoms with E-state index in [4.69, 9.17) is 9.84 Å². The summed E-state index contributed by atoms with van der Waals surface area (Å²) in [4.78, 5) is 23.6. The molecule has 1 saturated carbocycles. The standard InChI is InChI=1S/C17H19NO4/c1-10-13(7-8-16(19)20)17(21)14-6-5-12(22-2)9-15(14)18(10)11-3-4-11/h5-6,9,11H,3-4,7-8H2,1-2H3,(H,19,20). The minimum absolute atomic E-state index is 0.0254. The van der Waals surface area contributed by atoms with Crippen molar-refractivity contribution in [2.24, 2.45) is 0 Å². The van der Waals surface area contributed by atoms with Gasteiger partial charge >= 0.3 is 5.97 Å². The Morgan fingerprint density at radius 3 is 2.73 bits per heavy atom. The molecule has 0 unspecified atom stereocenters. The highest BCUT2D eigenvalue weighted by atomic mass is 16.5. The maximum atomic E-state index is 12.7. The fourth-order valence-corrected chi connectivity index (χ4v) is 3.01. The molecule has 3 rings (SSSR count). The lowest BCUT2D eigenvalue weighted by Gasteiger charge is -2.18. The number of fused-ring (bicyclic) bond motifs is 1. The summed E-state index contributed by atoms with van der Waals surface area (Å²) in [7, 11) is 1.61. The van der Waals surface area contributed by atoms with Crippen LogP contribution in [0.5, 0.6) is 5.75 Å². The van der Waals surface area contributed by atoms with Gasteiger partial charge in [-0.2, -0.15) is 0 Å². The molecule has 116 valence electrons. The lowest BCUT2D eigenvalue weighted by atomic mass is 10.0. The fraction of sp³-hybridized carbons (Fsp3) is 0.412. The lowest BCUT2D eigenvalue weighted by Crippen LogP contribution is -2.19. The molecule has 0 saturated heterocycles. The molecule has 1 N–H and O–H groups in total. The van der Waals surface area contributed by atoms with E-state index in [0.717, 1.165) is 29.8 Å². The monoisotopic (exact) mass is 301 g/mol. The van der Waals surface area contributed by atoms with Crippen molar-refractivity contribution >= 4 is 16.9 Å². The van der Waals surface area contributed by atoms with E-state index in [0.29, 0.717) is 17.0 Å². The van der Waals surface area contributed by atoms with Gasteiger partial charge in [0.05, 0.1) is 12.6 Å². The molecule has 22 heavy (non-hydrogen) atoms. The van der Waals surface area contributed by atoms with Crippen LogP contribution in [0.25, 0.3) is 10.9 Å². The summed E-state index contributed by atoms with van der Waals surface area (Å²) in [6, 6.07) is 5.85. The number of carboxylic acids is 1. The highest BCUT2D eigenvalue weighted by Gasteiger charge is 2.28. The third-order valence-corrected chi connectivity index (χ3v) is 4.28. The summed E-state index contributed by atoms with van der Waals surface area (Å²) < 4.78 is 7.45. The van der Waals surface area contributed by atoms with Crippen LogP contribution in [0.1, 0.15) is 36.6 Å². The van der Waals surface area contributed by atoms with Crippen LogP contribution in [0.2, 0.25) is 0 Å². The summed E-state index contributed by atoms with van der Waals surface area (Å²) in [6.07, 6.45) is 2.43. The van der Waals surface area contributed by atoms with E-state index in [-0.39, 0.29) is 18.3 Å². The van der Waals surface area contributed by atoms with Crippen molar-refractivity contribution in [3.63, 3.8) is 0 Å². The van der Waals surface area contributed by atoms with E-state index in [1.54, 1.807) is 19.2 Å². The molecule has 0 bridgehead atoms. The number of benzene rings is 1. The molecule has 1 aromatic carbocycles. The molecule has 0 radical (unpaired) electrons. The second-order valence-corrected chi connectivity index (χ2v) is 5.77. The Morgan fingerprint density at radius 1 is 1.41 bits per heavy atom. The molecule has 0 spiro atoms. The molecule has 1 aromatic heterocycles. The SMILES string of the molecule is COc1ccc2c(=O)c(CCC(=O)O)c(C)n(C3CC3)c2c1. The van der Waals surface area contributed by atoms with Crippen molar-refractivity contribution in [1.82, 2.24) is 4.57 Å². The van der Waals surface area contributed by atoms with E-state index in [9.17, 15) is 9.59 Å². The highest BCUT2D eigenvalue weighted by Crippen LogP contribution is 2.39. The number of carbonyl (C=O) groups is 1. The maximum Gasteiger partial charge on any atom is 0.303 e. The minimum Gasteiger partial charge on any atom is -0.497 e. The second-order valence-electron chi connectivity index (χ2n) is 5.77. The van der Waals surface area contributed by atoms with Crippen LogP contribution in [0.15, 0.2) is 23.0 Å². The highest BCUT2D eigenvalue weighted by molar-refractivity contribution is 5.82. The number of rotatable bonds is 5. The Balaban J connectivity index is 2.25. The van der Waals surface area contributed by atoms with Crippen molar-refractivity contribution in [3.8, 4) is 5.75 Å². The average Bonchev–Trinajstić information content (AvgIpc) is 3.31. The van der Waals surface area contributed by atoms with Gasteiger partial charge in [-0.05, 0) is 38.3 Å². The zero-order chi connectivity index (χ0) is 15.9. The molecule has 0 atom stereocenters. The van der Waals surface area contributed by atoms with Gasteiger partial charge in [0, 0.05) is 35.2 Å². The molecule has 1 fully saturated rings. The van der Waals surface area contributed by atoms with Crippen molar-refractivity contribution in [2.45, 2.75) is 38.6 Å². The zero-order valence-electron chi connectivity index (χ0n) is 12.8. The molecule has 5 heteroatoms. The third-order valence-electron chi connectivity index (χ3n) is 4.28. The van der Waals surface area contributed by atoms with E-state index >= 15 is 0 Å². The lowest BCUT2D eigenvalue weighted by molar-refractivity contribution is -0.136. The summed E-state index contributed by atoms with van der Waals surface area (Å²) in [6.45, 7) is 1.91. The van der Waals surface area contributed by atoms with E-state index in [2.05, 4.69) is 4.57 Å². The quantitative estimate of drug-likeness (QED) is 0.922. The first-order valence-electron chi connectivity index (χ1n) is 7.46. The molecule has 0 amide bonds. The van der Waals surface area contributed by atoms with Crippen LogP contribution in [0, 0.1) is 6.92 Å². The smallest absolute Gasteiger partial charge is 0.303 e. The van der Waals surface area contributed by atoms with Crippen LogP contribution >= 0.6 is 0 Å². The number of ether oxygens (including phenoxy) is 1. The topological polar surface area (TPSA) is 68.5 Å². The van der Waals surface area contributed by atoms with Crippen molar-refractivity contribution < 1.29 is 14.6 Å². The number of hydrogen-bond donors (Lipinski definition) is 1. The maximum absolute atomic E-state index is 12.7. The number of aliphatic carboxylic acids is 1. The van der Waals surface area contributed by atoms with Gasteiger partial charge in [0.25, 0.3) is 0 Å². The Hall–Kier alpha value is -2.30. The average molecular weight is 301 g/mol. The molecule has 1 aliphatic carbocycles. The first kappa shape index (κ1) is 14.6. The number of nitrogens with zero attached hydrogens (tertiary/aromatic N) is 1. The van der Waals surface area contributed by atoms with Crippen LogP contribution in [0.4, 0.5) is 0 Å². The van der Waals surface area contributed by atoms with Crippen LogP contribution in [-0.4, -0.2) is 22.8 Å². The normalized spacial score (nSPS) is 14.3. The molecule has 1 heterocycles. The Kier molecular flexibility index (Phi) is 3.64. The van der Waals surface area contributed by atoms with Gasteiger partial charge in [0.1, 0.15) is 5.75 Å². The predicted molar refractivity (Wildman–Crippen MR) is 83.7 cm³/mol. The van der Waals surface area contributed by atoms with Gasteiger partial charge in [0.2, 0.25) is 0 Å². The molecule has 0 aliphatic heterocycles. The predicted octanol–water partition coefficient (Wildman–Crippen LogP) is 2.67. The summed E-state index contributed by atoms with van der Waals surface area (Å²) in [5.74, 6) is -0.161. The van der Waals surface area contributed by atoms with Gasteiger partial charge in [-0.15, -0.1) is 0 Å². The largest absolute Gasteiger partial charge is 0.497 e. The van der Waals surface area contributed by atoms with Crippen molar-refractivity contribution in [1.29, 1.82) is 0 Å². The van der Waals surface area contributed by atoms with Crippen LogP contribution in [-0.2, 0) is 11.2 Å². The van der Waals surface area contributed by atoms with Crippen LogP contribution in [0.3, 0.4) is 0 Å². The van der Waals surface area contributed by atoms with Gasteiger partial charge in [-0.1, -0.05) is 0 Å². The first-order chi connectivity index (χ1) is 10.5. The Morgan fingerprint density at radius 2 is 2.14 bits per heavy atom. The number of aromatic nitrogens is 1. The molecular weight excluding hydrogens is 282 g/mol. The summed E-state index contributed by atoms with van der Waals surface area (Å²) >= 11 is 0. The summed E-state index contributed by atoms with van der Waals surface area (Å²) in [5, 5.41) is 9.54. The summed E-state index contributed by atoms with van der Waals surface area (Å²) in [5.41, 5.74) is 2.32. The van der Waals surface area contributed by atoms with Crippen LogP contribution < -0.4 is 10.2 Å². The Labute approximate surface area is 128 Å². The van der Waals surface area contributed by atoms with E-state index < -0.39 is 5.97 Å². The first-order valence-corrected chi connectivity index (χ1v) is 7.46. The molecular formula is C17H19NO4. The molecule has 5 nitrogen and oxygen atoms in total. The number of methoxy groups -OCH3 is 1. The number of pyridine rings is 1. The number of carboxylic acid groups (broad SMARTS) is 1. The van der Waals surface area contributed by atoms with Gasteiger partial charge in [-0.25, -0.2) is 0 Å². The Bertz CT molecular complexity index is 802. The zero-order valence-corrected chi connectivity index (χ0v) is 12.8. The van der Waals surface area contributed by atoms with Crippen molar-refractivity contribution in [3.05, 3.63) is 39.7 Å². The van der Waals surface area contributed by atoms with Gasteiger partial charge in [-0.3, -0.25) is 9.59 Å². The van der Waals surface area contributed by atoms with Gasteiger partial charge < -0.3 is 14.4 Å². The molecule has 2 aromatic rings. The second kappa shape index (κ2) is 5.48. The molecule has 1 aliphatic rings. The van der Waals surface area contributed by atoms with E-state index in [1.165, 1.54) is 0 Å². The van der Waals surface area contributed by atoms with E-state index in [1.807, 2.05) is 13.0 Å². The fourth-order valence-electron chi connectivity index (χ4n) is 3.01. The van der Waals surface area contributed by atoms with Crippen molar-refractivity contribution in [2.75, 3.05) is 7.11 Å². The number of hydrogen-bond acceptors (Lipinski definition) is 3. The minimum atomic E-state index is -0.883. The van der Waals surface area contributed by atoms with Gasteiger partial charge in [0.15, 0.2) is 5.43 Å².